The van der Waals surface area contributed by atoms with Crippen molar-refractivity contribution in [3.05, 3.63) is 58.7 Å². The molecule has 0 radical (unpaired) electrons. The monoisotopic (exact) mass is 614 g/mol. The van der Waals surface area contributed by atoms with E-state index in [2.05, 4.69) is 4.74 Å². The first-order valence-corrected chi connectivity index (χ1v) is 12.8. The van der Waals surface area contributed by atoms with Gasteiger partial charge in [-0.25, -0.2) is 4.79 Å². The number of amides is 1. The summed E-state index contributed by atoms with van der Waals surface area (Å²) in [6.07, 6.45) is -15.7. The number of carbonyl (C=O) groups is 2. The van der Waals surface area contributed by atoms with Crippen LogP contribution in [-0.2, 0) is 28.4 Å². The lowest BCUT2D eigenvalue weighted by atomic mass is 9.97. The highest BCUT2D eigenvalue weighted by molar-refractivity contribution is 5.72. The van der Waals surface area contributed by atoms with Crippen LogP contribution in [0.5, 0.6) is 5.75 Å². The highest BCUT2D eigenvalue weighted by Gasteiger charge is 2.43. The molecular weight excluding hydrogens is 587 g/mol. The van der Waals surface area contributed by atoms with Gasteiger partial charge in [-0.2, -0.15) is 26.3 Å². The maximum atomic E-state index is 13.4. The Kier molecular flexibility index (Phi) is 9.93. The molecule has 1 amide bonds. The van der Waals surface area contributed by atoms with Crippen LogP contribution in [0.2, 0.25) is 0 Å². The average Bonchev–Trinajstić information content (AvgIpc) is 3.15. The van der Waals surface area contributed by atoms with E-state index in [0.717, 1.165) is 23.3 Å². The molecule has 232 valence electrons. The number of unbranched alkanes of at least 4 members (excludes halogenated alkanes) is 2. The molecule has 1 saturated heterocycles. The van der Waals surface area contributed by atoms with Crippen molar-refractivity contribution in [2.24, 2.45) is 0 Å². The Bertz CT molecular complexity index is 1230. The van der Waals surface area contributed by atoms with Gasteiger partial charge in [-0.15, -0.1) is 13.2 Å². The summed E-state index contributed by atoms with van der Waals surface area (Å²) in [5.74, 6) is -0.595. The van der Waals surface area contributed by atoms with Crippen LogP contribution in [0.4, 0.5) is 50.0 Å². The van der Waals surface area contributed by atoms with Crippen LogP contribution in [0.25, 0.3) is 0 Å². The van der Waals surface area contributed by atoms with E-state index in [9.17, 15) is 49.1 Å². The lowest BCUT2D eigenvalue weighted by Crippen LogP contribution is -2.33. The van der Waals surface area contributed by atoms with Crippen LogP contribution in [-0.4, -0.2) is 42.8 Å². The van der Waals surface area contributed by atoms with Crippen LogP contribution < -0.4 is 9.64 Å². The van der Waals surface area contributed by atoms with Crippen molar-refractivity contribution in [2.75, 3.05) is 18.0 Å². The van der Waals surface area contributed by atoms with E-state index in [1.807, 2.05) is 0 Å². The Morgan fingerprint density at radius 3 is 2.10 bits per heavy atom. The van der Waals surface area contributed by atoms with E-state index < -0.39 is 65.9 Å². The molecule has 2 aromatic rings. The molecule has 2 atom stereocenters. The van der Waals surface area contributed by atoms with Crippen molar-refractivity contribution >= 4 is 18.1 Å². The van der Waals surface area contributed by atoms with E-state index in [4.69, 9.17) is 4.74 Å². The van der Waals surface area contributed by atoms with Crippen molar-refractivity contribution in [2.45, 2.75) is 70.5 Å². The van der Waals surface area contributed by atoms with Crippen molar-refractivity contribution in [1.29, 1.82) is 0 Å². The third kappa shape index (κ3) is 8.22. The predicted octanol–water partition coefficient (Wildman–Crippen LogP) is 7.90. The number of rotatable bonds is 11. The second kappa shape index (κ2) is 12.7. The SMILES string of the molecule is CCN(CCCCC=O)c1ccc(OC(F)(F)F)cc1CN1C(=O)O[C@H](c2cc(C(F)(F)F)cc(C(F)(F)F)c2)[C@@H]1C. The standard InChI is InChI=1S/C27H27F9N2O4/c1-3-37(9-5-4-6-10-39)22-8-7-21(42-27(34,35)36)13-18(22)15-38-16(2)23(41-24(38)40)17-11-19(25(28,29)30)14-20(12-17)26(31,32)33/h7-8,10-14,16,23H,3-6,9,15H2,1-2H3/t16-,23-/m0/s1. The molecule has 0 saturated carbocycles. The van der Waals surface area contributed by atoms with E-state index in [1.165, 1.54) is 13.0 Å². The normalized spacial score (nSPS) is 17.8. The lowest BCUT2D eigenvalue weighted by molar-refractivity contribution is -0.274. The van der Waals surface area contributed by atoms with Gasteiger partial charge in [0.25, 0.3) is 0 Å². The summed E-state index contributed by atoms with van der Waals surface area (Å²) in [6.45, 7) is 3.52. The van der Waals surface area contributed by atoms with Gasteiger partial charge >= 0.3 is 24.8 Å². The van der Waals surface area contributed by atoms with Crippen LogP contribution in [0.15, 0.2) is 36.4 Å². The summed E-state index contributed by atoms with van der Waals surface area (Å²) in [7, 11) is 0. The van der Waals surface area contributed by atoms with Crippen molar-refractivity contribution in [1.82, 2.24) is 4.90 Å². The molecule has 0 aliphatic carbocycles. The van der Waals surface area contributed by atoms with Crippen LogP contribution >= 0.6 is 0 Å². The fourth-order valence-electron chi connectivity index (χ4n) is 4.66. The van der Waals surface area contributed by atoms with Gasteiger partial charge in [-0.05, 0) is 74.2 Å². The predicted molar refractivity (Wildman–Crippen MR) is 132 cm³/mol. The average molecular weight is 615 g/mol. The molecule has 3 rings (SSSR count). The largest absolute Gasteiger partial charge is 0.573 e. The van der Waals surface area contributed by atoms with E-state index >= 15 is 0 Å². The first-order valence-electron chi connectivity index (χ1n) is 12.8. The first kappa shape index (κ1) is 32.9. The Morgan fingerprint density at radius 2 is 1.57 bits per heavy atom. The summed E-state index contributed by atoms with van der Waals surface area (Å²) in [5, 5.41) is 0. The van der Waals surface area contributed by atoms with Crippen LogP contribution in [0, 0.1) is 0 Å². The molecule has 1 fully saturated rings. The summed E-state index contributed by atoms with van der Waals surface area (Å²) < 4.78 is 128. The van der Waals surface area contributed by atoms with Gasteiger partial charge in [0.05, 0.1) is 23.7 Å². The maximum absolute atomic E-state index is 13.4. The summed E-state index contributed by atoms with van der Waals surface area (Å²) in [4.78, 5) is 26.3. The number of hydrogen-bond donors (Lipinski definition) is 0. The molecule has 1 heterocycles. The highest BCUT2D eigenvalue weighted by atomic mass is 19.4. The number of halogens is 9. The zero-order valence-corrected chi connectivity index (χ0v) is 22.4. The smallest absolute Gasteiger partial charge is 0.439 e. The molecule has 1 aliphatic rings. The van der Waals surface area contributed by atoms with Crippen molar-refractivity contribution in [3.63, 3.8) is 0 Å². The molecule has 0 bridgehead atoms. The van der Waals surface area contributed by atoms with Gasteiger partial charge in [-0.3, -0.25) is 4.90 Å². The molecule has 0 spiro atoms. The van der Waals surface area contributed by atoms with Crippen molar-refractivity contribution in [3.8, 4) is 5.75 Å². The molecule has 0 N–H and O–H groups in total. The number of aldehydes is 1. The van der Waals surface area contributed by atoms with E-state index in [0.29, 0.717) is 50.2 Å². The second-order valence-corrected chi connectivity index (χ2v) is 9.59. The van der Waals surface area contributed by atoms with Crippen molar-refractivity contribution < 1.29 is 58.6 Å². The number of alkyl halides is 9. The third-order valence-corrected chi connectivity index (χ3v) is 6.68. The van der Waals surface area contributed by atoms with Gasteiger partial charge in [0.15, 0.2) is 0 Å². The zero-order chi connectivity index (χ0) is 31.5. The molecule has 42 heavy (non-hydrogen) atoms. The molecule has 1 aliphatic heterocycles. The van der Waals surface area contributed by atoms with Crippen LogP contribution in [0.1, 0.15) is 61.5 Å². The number of nitrogens with zero attached hydrogens (tertiary/aromatic N) is 2. The minimum Gasteiger partial charge on any atom is -0.439 e. The number of anilines is 1. The number of ether oxygens (including phenoxy) is 2. The quantitative estimate of drug-likeness (QED) is 0.146. The molecule has 6 nitrogen and oxygen atoms in total. The fourth-order valence-corrected chi connectivity index (χ4v) is 4.66. The Hall–Kier alpha value is -3.65. The molecule has 0 aromatic heterocycles. The van der Waals surface area contributed by atoms with Gasteiger partial charge in [-0.1, -0.05) is 0 Å². The summed E-state index contributed by atoms with van der Waals surface area (Å²) >= 11 is 0. The Morgan fingerprint density at radius 1 is 0.952 bits per heavy atom. The molecule has 0 unspecified atom stereocenters. The number of carbonyl (C=O) groups excluding carboxylic acids is 2. The summed E-state index contributed by atoms with van der Waals surface area (Å²) in [6, 6.07) is 3.27. The Balaban J connectivity index is 1.98. The zero-order valence-electron chi connectivity index (χ0n) is 22.4. The third-order valence-electron chi connectivity index (χ3n) is 6.68. The lowest BCUT2D eigenvalue weighted by Gasteiger charge is -2.29. The van der Waals surface area contributed by atoms with Gasteiger partial charge in [0.1, 0.15) is 18.1 Å². The van der Waals surface area contributed by atoms with E-state index in [1.54, 1.807) is 11.8 Å². The van der Waals surface area contributed by atoms with Gasteiger partial charge < -0.3 is 19.2 Å². The fraction of sp³-hybridized carbons (Fsp3) is 0.481. The molecular formula is C27H27F9N2O4. The maximum Gasteiger partial charge on any atom is 0.573 e. The number of cyclic esters (lactones) is 1. The minimum atomic E-state index is -5.12. The minimum absolute atomic E-state index is 0.0461. The second-order valence-electron chi connectivity index (χ2n) is 9.59. The topological polar surface area (TPSA) is 59.1 Å². The Labute approximate surface area is 235 Å². The first-order chi connectivity index (χ1) is 19.4. The number of hydrogen-bond acceptors (Lipinski definition) is 5. The number of benzene rings is 2. The van der Waals surface area contributed by atoms with Gasteiger partial charge in [0.2, 0.25) is 0 Å². The molecule has 15 heteroatoms. The van der Waals surface area contributed by atoms with E-state index in [-0.39, 0.29) is 11.6 Å². The summed E-state index contributed by atoms with van der Waals surface area (Å²) in [5.41, 5.74) is -3.12. The van der Waals surface area contributed by atoms with Crippen LogP contribution in [0.3, 0.4) is 0 Å². The highest BCUT2D eigenvalue weighted by Crippen LogP contribution is 2.41. The molecule has 2 aromatic carbocycles. The van der Waals surface area contributed by atoms with Gasteiger partial charge in [0, 0.05) is 25.2 Å².